The fourth-order valence-electron chi connectivity index (χ4n) is 1.54. The van der Waals surface area contributed by atoms with Crippen LogP contribution in [0.5, 0.6) is 0 Å². The Bertz CT molecular complexity index is 397. The van der Waals surface area contributed by atoms with Crippen molar-refractivity contribution in [2.24, 2.45) is 0 Å². The van der Waals surface area contributed by atoms with E-state index in [-0.39, 0.29) is 0 Å². The molecule has 0 aliphatic rings. The first-order chi connectivity index (χ1) is 7.86. The highest BCUT2D eigenvalue weighted by atomic mass is 16.3. The maximum absolute atomic E-state index is 9.86. The normalized spacial score (nSPS) is 12.6. The monoisotopic (exact) mass is 217 g/mol. The summed E-state index contributed by atoms with van der Waals surface area (Å²) >= 11 is 0. The molecule has 2 rings (SSSR count). The molecular formula is C13H15NO2. The largest absolute Gasteiger partial charge is 0.468 e. The number of furan rings is 1. The van der Waals surface area contributed by atoms with Gasteiger partial charge in [-0.3, -0.25) is 0 Å². The molecule has 1 atom stereocenters. The summed E-state index contributed by atoms with van der Waals surface area (Å²) < 4.78 is 5.18. The number of hydrogen-bond acceptors (Lipinski definition) is 3. The van der Waals surface area contributed by atoms with E-state index in [1.54, 1.807) is 6.26 Å². The van der Waals surface area contributed by atoms with E-state index in [9.17, 15) is 5.11 Å². The standard InChI is InChI=1S/C13H15NO2/c15-13(11-5-2-1-3-6-11)10-14-9-12-7-4-8-16-12/h1-8,13-15H,9-10H2. The van der Waals surface area contributed by atoms with Gasteiger partial charge in [0.05, 0.1) is 18.9 Å². The van der Waals surface area contributed by atoms with Crippen molar-refractivity contribution in [1.29, 1.82) is 0 Å². The zero-order chi connectivity index (χ0) is 11.2. The highest BCUT2D eigenvalue weighted by molar-refractivity contribution is 5.17. The van der Waals surface area contributed by atoms with E-state index in [0.717, 1.165) is 11.3 Å². The van der Waals surface area contributed by atoms with Gasteiger partial charge in [-0.15, -0.1) is 0 Å². The van der Waals surface area contributed by atoms with Crippen LogP contribution in [0, 0.1) is 0 Å². The van der Waals surface area contributed by atoms with Gasteiger partial charge in [0.25, 0.3) is 0 Å². The lowest BCUT2D eigenvalue weighted by Crippen LogP contribution is -2.20. The lowest BCUT2D eigenvalue weighted by molar-refractivity contribution is 0.173. The molecule has 2 N–H and O–H groups in total. The summed E-state index contributed by atoms with van der Waals surface area (Å²) in [5.41, 5.74) is 0.925. The number of hydrogen-bond donors (Lipinski definition) is 2. The van der Waals surface area contributed by atoms with Crippen LogP contribution in [0.25, 0.3) is 0 Å². The first-order valence-corrected chi connectivity index (χ1v) is 5.32. The fourth-order valence-corrected chi connectivity index (χ4v) is 1.54. The predicted octanol–water partition coefficient (Wildman–Crippen LogP) is 2.10. The molecule has 1 aromatic heterocycles. The molecule has 0 amide bonds. The lowest BCUT2D eigenvalue weighted by atomic mass is 10.1. The summed E-state index contributed by atoms with van der Waals surface area (Å²) in [6, 6.07) is 13.4. The molecule has 0 bridgehead atoms. The summed E-state index contributed by atoms with van der Waals surface area (Å²) in [4.78, 5) is 0. The molecule has 84 valence electrons. The minimum absolute atomic E-state index is 0.476. The minimum Gasteiger partial charge on any atom is -0.468 e. The Morgan fingerprint density at radius 2 is 1.94 bits per heavy atom. The van der Waals surface area contributed by atoms with Gasteiger partial charge in [0.15, 0.2) is 0 Å². The van der Waals surface area contributed by atoms with E-state index in [1.165, 1.54) is 0 Å². The number of aliphatic hydroxyl groups is 1. The number of rotatable bonds is 5. The van der Waals surface area contributed by atoms with E-state index < -0.39 is 6.10 Å². The van der Waals surface area contributed by atoms with Crippen LogP contribution in [0.4, 0.5) is 0 Å². The number of nitrogens with one attached hydrogen (secondary N) is 1. The Morgan fingerprint density at radius 3 is 2.62 bits per heavy atom. The van der Waals surface area contributed by atoms with Gasteiger partial charge in [-0.05, 0) is 17.7 Å². The smallest absolute Gasteiger partial charge is 0.117 e. The molecule has 0 saturated carbocycles. The van der Waals surface area contributed by atoms with Gasteiger partial charge in [0, 0.05) is 6.54 Å². The number of benzene rings is 1. The Kier molecular flexibility index (Phi) is 3.75. The van der Waals surface area contributed by atoms with Gasteiger partial charge < -0.3 is 14.8 Å². The second-order valence-electron chi connectivity index (χ2n) is 3.64. The summed E-state index contributed by atoms with van der Waals surface area (Å²) in [7, 11) is 0. The van der Waals surface area contributed by atoms with Crippen LogP contribution in [0.1, 0.15) is 17.4 Å². The molecule has 2 aromatic rings. The molecule has 0 aliphatic carbocycles. The molecule has 3 nitrogen and oxygen atoms in total. The van der Waals surface area contributed by atoms with Gasteiger partial charge in [0.1, 0.15) is 5.76 Å². The summed E-state index contributed by atoms with van der Waals surface area (Å²) in [5.74, 6) is 0.875. The van der Waals surface area contributed by atoms with Gasteiger partial charge in [-0.25, -0.2) is 0 Å². The summed E-state index contributed by atoms with van der Waals surface area (Å²) in [5, 5.41) is 13.0. The van der Waals surface area contributed by atoms with Crippen molar-refractivity contribution in [3.05, 3.63) is 60.1 Å². The topological polar surface area (TPSA) is 45.4 Å². The highest BCUT2D eigenvalue weighted by Crippen LogP contribution is 2.10. The van der Waals surface area contributed by atoms with Gasteiger partial charge >= 0.3 is 0 Å². The van der Waals surface area contributed by atoms with Crippen molar-refractivity contribution in [2.75, 3.05) is 6.54 Å². The van der Waals surface area contributed by atoms with E-state index >= 15 is 0 Å². The van der Waals surface area contributed by atoms with Crippen LogP contribution < -0.4 is 5.32 Å². The van der Waals surface area contributed by atoms with Gasteiger partial charge in [-0.2, -0.15) is 0 Å². The minimum atomic E-state index is -0.476. The van der Waals surface area contributed by atoms with E-state index in [2.05, 4.69) is 5.32 Å². The van der Waals surface area contributed by atoms with Gasteiger partial charge in [0.2, 0.25) is 0 Å². The van der Waals surface area contributed by atoms with Crippen molar-refractivity contribution >= 4 is 0 Å². The fraction of sp³-hybridized carbons (Fsp3) is 0.231. The van der Waals surface area contributed by atoms with Crippen molar-refractivity contribution in [1.82, 2.24) is 5.32 Å². The van der Waals surface area contributed by atoms with Gasteiger partial charge in [-0.1, -0.05) is 30.3 Å². The molecule has 0 spiro atoms. The third-order valence-corrected chi connectivity index (χ3v) is 2.40. The Balaban J connectivity index is 1.78. The summed E-state index contributed by atoms with van der Waals surface area (Å²) in [6.07, 6.45) is 1.17. The zero-order valence-electron chi connectivity index (χ0n) is 8.97. The SMILES string of the molecule is OC(CNCc1ccco1)c1ccccc1. The molecule has 0 saturated heterocycles. The second kappa shape index (κ2) is 5.49. The Labute approximate surface area is 94.7 Å². The number of aliphatic hydroxyl groups excluding tert-OH is 1. The quantitative estimate of drug-likeness (QED) is 0.806. The third kappa shape index (κ3) is 2.95. The first kappa shape index (κ1) is 10.9. The Hall–Kier alpha value is -1.58. The van der Waals surface area contributed by atoms with Crippen LogP contribution in [-0.4, -0.2) is 11.7 Å². The second-order valence-corrected chi connectivity index (χ2v) is 3.64. The first-order valence-electron chi connectivity index (χ1n) is 5.32. The van der Waals surface area contributed by atoms with Crippen LogP contribution in [0.15, 0.2) is 53.1 Å². The zero-order valence-corrected chi connectivity index (χ0v) is 8.97. The van der Waals surface area contributed by atoms with Crippen LogP contribution in [0.3, 0.4) is 0 Å². The molecule has 1 aromatic carbocycles. The van der Waals surface area contributed by atoms with E-state index in [0.29, 0.717) is 13.1 Å². The average Bonchev–Trinajstić information content (AvgIpc) is 2.83. The third-order valence-electron chi connectivity index (χ3n) is 2.40. The van der Waals surface area contributed by atoms with E-state index in [1.807, 2.05) is 42.5 Å². The maximum Gasteiger partial charge on any atom is 0.117 e. The molecule has 0 aliphatic heterocycles. The Morgan fingerprint density at radius 1 is 1.12 bits per heavy atom. The summed E-state index contributed by atoms with van der Waals surface area (Å²) in [6.45, 7) is 1.15. The molecule has 0 fully saturated rings. The van der Waals surface area contributed by atoms with Crippen LogP contribution in [-0.2, 0) is 6.54 Å². The molecule has 3 heteroatoms. The van der Waals surface area contributed by atoms with E-state index in [4.69, 9.17) is 4.42 Å². The molecular weight excluding hydrogens is 202 g/mol. The highest BCUT2D eigenvalue weighted by Gasteiger charge is 2.05. The maximum atomic E-state index is 9.86. The van der Waals surface area contributed by atoms with Crippen molar-refractivity contribution in [3.8, 4) is 0 Å². The molecule has 16 heavy (non-hydrogen) atoms. The van der Waals surface area contributed by atoms with Crippen molar-refractivity contribution in [3.63, 3.8) is 0 Å². The molecule has 1 unspecified atom stereocenters. The van der Waals surface area contributed by atoms with Crippen molar-refractivity contribution in [2.45, 2.75) is 12.6 Å². The molecule has 1 heterocycles. The van der Waals surface area contributed by atoms with Crippen LogP contribution in [0.2, 0.25) is 0 Å². The lowest BCUT2D eigenvalue weighted by Gasteiger charge is -2.11. The van der Waals surface area contributed by atoms with Crippen LogP contribution >= 0.6 is 0 Å². The molecule has 0 radical (unpaired) electrons. The van der Waals surface area contributed by atoms with Crippen molar-refractivity contribution < 1.29 is 9.52 Å². The average molecular weight is 217 g/mol. The predicted molar refractivity (Wildman–Crippen MR) is 61.8 cm³/mol.